The van der Waals surface area contributed by atoms with Gasteiger partial charge in [0.15, 0.2) is 23.0 Å². The first-order valence-electron chi connectivity index (χ1n) is 11.3. The fourth-order valence-corrected chi connectivity index (χ4v) is 5.16. The highest BCUT2D eigenvalue weighted by molar-refractivity contribution is 5.52. The average molecular weight is 475 g/mol. The quantitative estimate of drug-likeness (QED) is 0.355. The van der Waals surface area contributed by atoms with Crippen LogP contribution in [0.4, 0.5) is 0 Å². The molecule has 0 spiro atoms. The zero-order valence-corrected chi connectivity index (χ0v) is 18.7. The summed E-state index contributed by atoms with van der Waals surface area (Å²) in [5.74, 6) is 0.462. The lowest BCUT2D eigenvalue weighted by atomic mass is 9.83. The van der Waals surface area contributed by atoms with E-state index < -0.39 is 37.3 Å². The molecule has 1 fully saturated rings. The van der Waals surface area contributed by atoms with Crippen molar-refractivity contribution in [2.45, 2.75) is 56.1 Å². The van der Waals surface area contributed by atoms with E-state index in [1.165, 1.54) is 7.11 Å². The van der Waals surface area contributed by atoms with Crippen molar-refractivity contribution >= 4 is 0 Å². The Kier molecular flexibility index (Phi) is 6.05. The summed E-state index contributed by atoms with van der Waals surface area (Å²) in [7, 11) is 1.52. The molecule has 0 amide bonds. The first-order chi connectivity index (χ1) is 16.3. The Labute approximate surface area is 196 Å². The van der Waals surface area contributed by atoms with E-state index in [0.717, 1.165) is 35.2 Å². The molecule has 0 bridgehead atoms. The van der Waals surface area contributed by atoms with Crippen molar-refractivity contribution in [3.05, 3.63) is 46.5 Å². The number of hydrogen-bond donors (Lipinski definition) is 6. The smallest absolute Gasteiger partial charge is 0.229 e. The molecule has 1 saturated heterocycles. The van der Waals surface area contributed by atoms with Crippen molar-refractivity contribution in [3.63, 3.8) is 0 Å². The first kappa shape index (κ1) is 23.2. The third kappa shape index (κ3) is 3.86. The molecule has 0 aromatic heterocycles. The zero-order chi connectivity index (χ0) is 24.1. The van der Waals surface area contributed by atoms with Crippen LogP contribution in [0.3, 0.4) is 0 Å². The summed E-state index contributed by atoms with van der Waals surface area (Å²) in [6.07, 6.45) is -5.72. The Morgan fingerprint density at radius 1 is 0.941 bits per heavy atom. The zero-order valence-electron chi connectivity index (χ0n) is 18.7. The molecule has 3 aliphatic rings. The lowest BCUT2D eigenvalue weighted by Gasteiger charge is -2.42. The fraction of sp³-hybridized carbons (Fsp3) is 0.500. The van der Waals surface area contributed by atoms with Crippen LogP contribution < -0.4 is 9.47 Å². The van der Waals surface area contributed by atoms with Crippen molar-refractivity contribution in [3.8, 4) is 23.0 Å². The van der Waals surface area contributed by atoms with E-state index >= 15 is 0 Å². The second-order valence-electron chi connectivity index (χ2n) is 9.07. The molecule has 3 aliphatic heterocycles. The van der Waals surface area contributed by atoms with E-state index in [2.05, 4.69) is 4.90 Å². The topological polar surface area (TPSA) is 152 Å². The molecule has 0 radical (unpaired) electrons. The molecule has 0 unspecified atom stereocenters. The molecule has 5 rings (SSSR count). The lowest BCUT2D eigenvalue weighted by molar-refractivity contribution is -0.277. The standard InChI is InChI=1S/C24H29NO9/c1-32-18-8-14-11(5-16(18)27)2-3-25-9-13-6-17(28)19(7-12(13)4-15(14)25)33-24-23(31)22(30)21(29)20(10-26)34-24/h5-8,15,20-24,26-31H,2-4,9-10H2,1H3/t15-,20+,21+,22-,23+,24+/m0/s1. The maximum Gasteiger partial charge on any atom is 0.229 e. The number of rotatable bonds is 4. The third-order valence-electron chi connectivity index (χ3n) is 7.07. The van der Waals surface area contributed by atoms with Gasteiger partial charge >= 0.3 is 0 Å². The van der Waals surface area contributed by atoms with Crippen LogP contribution in [0.2, 0.25) is 0 Å². The maximum absolute atomic E-state index is 10.6. The van der Waals surface area contributed by atoms with E-state index in [1.807, 2.05) is 6.07 Å². The van der Waals surface area contributed by atoms with Crippen molar-refractivity contribution < 1.29 is 44.8 Å². The Morgan fingerprint density at radius 2 is 1.68 bits per heavy atom. The van der Waals surface area contributed by atoms with Crippen LogP contribution in [0.15, 0.2) is 24.3 Å². The number of aliphatic hydroxyl groups is 4. The van der Waals surface area contributed by atoms with Crippen molar-refractivity contribution in [1.29, 1.82) is 0 Å². The van der Waals surface area contributed by atoms with Gasteiger partial charge in [0.05, 0.1) is 13.7 Å². The Balaban J connectivity index is 1.42. The second-order valence-corrected chi connectivity index (χ2v) is 9.07. The van der Waals surface area contributed by atoms with E-state index in [4.69, 9.17) is 14.2 Å². The molecule has 6 atom stereocenters. The van der Waals surface area contributed by atoms with Gasteiger partial charge in [0.2, 0.25) is 6.29 Å². The lowest BCUT2D eigenvalue weighted by Crippen LogP contribution is -2.60. The molecular formula is C24H29NO9. The predicted molar refractivity (Wildman–Crippen MR) is 118 cm³/mol. The minimum absolute atomic E-state index is 0.0513. The van der Waals surface area contributed by atoms with E-state index in [1.54, 1.807) is 18.2 Å². The van der Waals surface area contributed by atoms with Crippen LogP contribution >= 0.6 is 0 Å². The van der Waals surface area contributed by atoms with Crippen LogP contribution in [-0.4, -0.2) is 86.5 Å². The van der Waals surface area contributed by atoms with Crippen LogP contribution in [0.5, 0.6) is 23.0 Å². The maximum atomic E-state index is 10.6. The van der Waals surface area contributed by atoms with Gasteiger partial charge < -0.3 is 44.8 Å². The van der Waals surface area contributed by atoms with E-state index in [0.29, 0.717) is 18.7 Å². The van der Waals surface area contributed by atoms with E-state index in [-0.39, 0.29) is 23.3 Å². The molecular weight excluding hydrogens is 446 g/mol. The SMILES string of the molecule is COc1cc2c(cc1O)CCN1Cc3cc(O)c(O[C@@H]4O[C@H](CO)[C@@H](O)[C@H](O)[C@H]4O)cc3C[C@@H]21. The summed E-state index contributed by atoms with van der Waals surface area (Å²) in [5.41, 5.74) is 4.04. The van der Waals surface area contributed by atoms with Gasteiger partial charge in [0.25, 0.3) is 0 Å². The molecule has 6 N–H and O–H groups in total. The molecule has 0 aliphatic carbocycles. The van der Waals surface area contributed by atoms with Gasteiger partial charge in [-0.25, -0.2) is 0 Å². The fourth-order valence-electron chi connectivity index (χ4n) is 5.16. The number of methoxy groups -OCH3 is 1. The van der Waals surface area contributed by atoms with Crippen molar-refractivity contribution in [2.75, 3.05) is 20.3 Å². The summed E-state index contributed by atoms with van der Waals surface area (Å²) in [5, 5.41) is 60.4. The Morgan fingerprint density at radius 3 is 2.41 bits per heavy atom. The highest BCUT2D eigenvalue weighted by atomic mass is 16.7. The summed E-state index contributed by atoms with van der Waals surface area (Å²) >= 11 is 0. The van der Waals surface area contributed by atoms with Gasteiger partial charge in [0, 0.05) is 19.1 Å². The number of ether oxygens (including phenoxy) is 3. The number of phenolic OH excluding ortho intramolecular Hbond substituents is 2. The highest BCUT2D eigenvalue weighted by Crippen LogP contribution is 2.44. The molecule has 184 valence electrons. The highest BCUT2D eigenvalue weighted by Gasteiger charge is 2.45. The summed E-state index contributed by atoms with van der Waals surface area (Å²) in [6, 6.07) is 6.99. The number of fused-ring (bicyclic) bond motifs is 4. The normalized spacial score (nSPS) is 30.7. The second kappa shape index (κ2) is 8.88. The largest absolute Gasteiger partial charge is 0.504 e. The van der Waals surface area contributed by atoms with Crippen LogP contribution in [0.1, 0.15) is 28.3 Å². The number of nitrogens with zero attached hydrogens (tertiary/aromatic N) is 1. The van der Waals surface area contributed by atoms with Gasteiger partial charge in [-0.1, -0.05) is 0 Å². The van der Waals surface area contributed by atoms with Crippen molar-refractivity contribution in [2.24, 2.45) is 0 Å². The van der Waals surface area contributed by atoms with Crippen LogP contribution in [0.25, 0.3) is 0 Å². The third-order valence-corrected chi connectivity index (χ3v) is 7.07. The number of phenols is 2. The molecule has 0 saturated carbocycles. The summed E-state index contributed by atoms with van der Waals surface area (Å²) < 4.78 is 16.4. The number of hydrogen-bond acceptors (Lipinski definition) is 10. The van der Waals surface area contributed by atoms with Gasteiger partial charge in [-0.15, -0.1) is 0 Å². The van der Waals surface area contributed by atoms with Gasteiger partial charge in [-0.2, -0.15) is 0 Å². The summed E-state index contributed by atoms with van der Waals surface area (Å²) in [6.45, 7) is 0.861. The number of aromatic hydroxyl groups is 2. The minimum atomic E-state index is -1.57. The molecule has 10 nitrogen and oxygen atoms in total. The Hall–Kier alpha value is -2.60. The van der Waals surface area contributed by atoms with Crippen LogP contribution in [0, 0.1) is 0 Å². The van der Waals surface area contributed by atoms with E-state index in [9.17, 15) is 30.6 Å². The molecule has 10 heteroatoms. The van der Waals surface area contributed by atoms with Gasteiger partial charge in [-0.3, -0.25) is 4.90 Å². The van der Waals surface area contributed by atoms with Gasteiger partial charge in [0.1, 0.15) is 24.4 Å². The summed E-state index contributed by atoms with van der Waals surface area (Å²) in [4.78, 5) is 2.32. The number of aliphatic hydroxyl groups excluding tert-OH is 4. The number of benzene rings is 2. The first-order valence-corrected chi connectivity index (χ1v) is 11.3. The predicted octanol–water partition coefficient (Wildman–Crippen LogP) is -0.0594. The molecule has 2 aromatic rings. The Bertz CT molecular complexity index is 1070. The van der Waals surface area contributed by atoms with Crippen molar-refractivity contribution in [1.82, 2.24) is 4.90 Å². The average Bonchev–Trinajstić information content (AvgIpc) is 2.83. The molecule has 2 aromatic carbocycles. The van der Waals surface area contributed by atoms with Gasteiger partial charge in [-0.05, 0) is 59.4 Å². The van der Waals surface area contributed by atoms with Crippen LogP contribution in [-0.2, 0) is 24.1 Å². The monoisotopic (exact) mass is 475 g/mol. The minimum Gasteiger partial charge on any atom is -0.504 e. The molecule has 34 heavy (non-hydrogen) atoms. The molecule has 3 heterocycles.